The number of aromatic nitrogens is 1. The number of rotatable bonds is 3. The van der Waals surface area contributed by atoms with Gasteiger partial charge in [-0.1, -0.05) is 19.9 Å². The summed E-state index contributed by atoms with van der Waals surface area (Å²) in [5, 5.41) is 0. The number of pyridine rings is 1. The van der Waals surface area contributed by atoms with Crippen molar-refractivity contribution in [3.05, 3.63) is 17.7 Å². The van der Waals surface area contributed by atoms with E-state index in [1.165, 1.54) is 0 Å². The molecule has 0 spiro atoms. The monoisotopic (exact) mass is 179 g/mol. The van der Waals surface area contributed by atoms with Crippen molar-refractivity contribution in [2.75, 3.05) is 11.5 Å². The molecule has 13 heavy (non-hydrogen) atoms. The van der Waals surface area contributed by atoms with Crippen molar-refractivity contribution in [1.82, 2.24) is 4.98 Å². The van der Waals surface area contributed by atoms with Gasteiger partial charge in [0.1, 0.15) is 11.6 Å². The fourth-order valence-corrected chi connectivity index (χ4v) is 1.18. The molecule has 0 aliphatic heterocycles. The Bertz CT molecular complexity index is 281. The van der Waals surface area contributed by atoms with Crippen LogP contribution < -0.4 is 11.5 Å². The summed E-state index contributed by atoms with van der Waals surface area (Å²) in [4.78, 5) is 4.01. The summed E-state index contributed by atoms with van der Waals surface area (Å²) in [7, 11) is 0. The van der Waals surface area contributed by atoms with Crippen molar-refractivity contribution in [2.24, 2.45) is 5.92 Å². The maximum absolute atomic E-state index is 5.72. The molecule has 0 atom stereocenters. The molecule has 1 heterocycles. The molecular weight excluding hydrogens is 162 g/mol. The van der Waals surface area contributed by atoms with Gasteiger partial charge < -0.3 is 11.5 Å². The van der Waals surface area contributed by atoms with Gasteiger partial charge in [-0.05, 0) is 30.4 Å². The second kappa shape index (κ2) is 4.12. The highest BCUT2D eigenvalue weighted by molar-refractivity contribution is 5.46. The standard InChI is InChI=1S/C10H17N3/c1-7(2)3-4-8-5-6-9(11)13-10(8)12/h5-7H,3-4H2,1-2H3,(H4,11,12,13). The van der Waals surface area contributed by atoms with Crippen LogP contribution in [-0.2, 0) is 6.42 Å². The van der Waals surface area contributed by atoms with E-state index in [1.807, 2.05) is 6.07 Å². The molecule has 4 N–H and O–H groups in total. The van der Waals surface area contributed by atoms with Crippen LogP contribution in [0, 0.1) is 5.92 Å². The van der Waals surface area contributed by atoms with Crippen molar-refractivity contribution in [3.8, 4) is 0 Å². The summed E-state index contributed by atoms with van der Waals surface area (Å²) in [6, 6.07) is 3.76. The summed E-state index contributed by atoms with van der Waals surface area (Å²) in [6.45, 7) is 4.39. The maximum atomic E-state index is 5.72. The van der Waals surface area contributed by atoms with Crippen LogP contribution >= 0.6 is 0 Å². The average Bonchev–Trinajstić information content (AvgIpc) is 2.02. The minimum absolute atomic E-state index is 0.491. The predicted octanol–water partition coefficient (Wildman–Crippen LogP) is 1.83. The Morgan fingerprint density at radius 2 is 2.00 bits per heavy atom. The van der Waals surface area contributed by atoms with Crippen LogP contribution in [0.5, 0.6) is 0 Å². The van der Waals surface area contributed by atoms with Crippen molar-refractivity contribution >= 4 is 11.6 Å². The lowest BCUT2D eigenvalue weighted by atomic mass is 10.0. The third-order valence-electron chi connectivity index (χ3n) is 2.02. The average molecular weight is 179 g/mol. The van der Waals surface area contributed by atoms with E-state index in [9.17, 15) is 0 Å². The van der Waals surface area contributed by atoms with Crippen molar-refractivity contribution in [2.45, 2.75) is 26.7 Å². The van der Waals surface area contributed by atoms with Crippen LogP contribution in [-0.4, -0.2) is 4.98 Å². The van der Waals surface area contributed by atoms with Gasteiger partial charge in [-0.3, -0.25) is 0 Å². The molecule has 1 aromatic heterocycles. The van der Waals surface area contributed by atoms with Crippen LogP contribution in [0.2, 0.25) is 0 Å². The first-order valence-corrected chi connectivity index (χ1v) is 4.60. The number of hydrogen-bond acceptors (Lipinski definition) is 3. The predicted molar refractivity (Wildman–Crippen MR) is 56.2 cm³/mol. The molecule has 0 saturated carbocycles. The first kappa shape index (κ1) is 9.84. The molecule has 0 aliphatic carbocycles. The lowest BCUT2D eigenvalue weighted by Gasteiger charge is -2.07. The van der Waals surface area contributed by atoms with Gasteiger partial charge in [0, 0.05) is 0 Å². The number of aryl methyl sites for hydroxylation is 1. The van der Waals surface area contributed by atoms with Gasteiger partial charge in [0.2, 0.25) is 0 Å². The largest absolute Gasteiger partial charge is 0.384 e. The minimum Gasteiger partial charge on any atom is -0.384 e. The number of hydrogen-bond donors (Lipinski definition) is 2. The molecule has 0 fully saturated rings. The third-order valence-corrected chi connectivity index (χ3v) is 2.02. The fourth-order valence-electron chi connectivity index (χ4n) is 1.18. The molecule has 3 heteroatoms. The molecule has 0 aromatic carbocycles. The highest BCUT2D eigenvalue weighted by atomic mass is 14.9. The number of nitrogens with zero attached hydrogens (tertiary/aromatic N) is 1. The summed E-state index contributed by atoms with van der Waals surface area (Å²) in [5.41, 5.74) is 12.3. The molecule has 1 rings (SSSR count). The highest BCUT2D eigenvalue weighted by Gasteiger charge is 2.02. The SMILES string of the molecule is CC(C)CCc1ccc(N)nc1N. The van der Waals surface area contributed by atoms with E-state index in [2.05, 4.69) is 18.8 Å². The number of nitrogens with two attached hydrogens (primary N) is 2. The lowest BCUT2D eigenvalue weighted by Crippen LogP contribution is -2.02. The van der Waals surface area contributed by atoms with Gasteiger partial charge >= 0.3 is 0 Å². The molecular formula is C10H17N3. The van der Waals surface area contributed by atoms with Gasteiger partial charge in [0.15, 0.2) is 0 Å². The van der Waals surface area contributed by atoms with Gasteiger partial charge in [0.25, 0.3) is 0 Å². The lowest BCUT2D eigenvalue weighted by molar-refractivity contribution is 0.587. The summed E-state index contributed by atoms with van der Waals surface area (Å²) < 4.78 is 0. The normalized spacial score (nSPS) is 10.7. The van der Waals surface area contributed by atoms with Gasteiger partial charge in [-0.25, -0.2) is 4.98 Å². The Morgan fingerprint density at radius 3 is 2.54 bits per heavy atom. The maximum Gasteiger partial charge on any atom is 0.128 e. The van der Waals surface area contributed by atoms with Gasteiger partial charge in [0.05, 0.1) is 0 Å². The molecule has 72 valence electrons. The van der Waals surface area contributed by atoms with E-state index in [0.29, 0.717) is 17.6 Å². The van der Waals surface area contributed by atoms with Crippen LogP contribution in [0.1, 0.15) is 25.8 Å². The van der Waals surface area contributed by atoms with Crippen LogP contribution in [0.25, 0.3) is 0 Å². The highest BCUT2D eigenvalue weighted by Crippen LogP contribution is 2.15. The zero-order valence-corrected chi connectivity index (χ0v) is 8.25. The van der Waals surface area contributed by atoms with Crippen molar-refractivity contribution < 1.29 is 0 Å². The molecule has 0 aliphatic rings. The van der Waals surface area contributed by atoms with E-state index >= 15 is 0 Å². The Hall–Kier alpha value is -1.25. The van der Waals surface area contributed by atoms with Crippen LogP contribution in [0.4, 0.5) is 11.6 Å². The number of nitrogen functional groups attached to an aromatic ring is 2. The zero-order valence-electron chi connectivity index (χ0n) is 8.25. The Labute approximate surface area is 79.2 Å². The van der Waals surface area contributed by atoms with E-state index in [-0.39, 0.29) is 0 Å². The molecule has 0 bridgehead atoms. The van der Waals surface area contributed by atoms with Crippen LogP contribution in [0.15, 0.2) is 12.1 Å². The quantitative estimate of drug-likeness (QED) is 0.744. The van der Waals surface area contributed by atoms with E-state index in [1.54, 1.807) is 6.07 Å². The van der Waals surface area contributed by atoms with E-state index in [0.717, 1.165) is 18.4 Å². The molecule has 0 radical (unpaired) electrons. The van der Waals surface area contributed by atoms with Crippen molar-refractivity contribution in [1.29, 1.82) is 0 Å². The summed E-state index contributed by atoms with van der Waals surface area (Å²) >= 11 is 0. The first-order valence-electron chi connectivity index (χ1n) is 4.60. The topological polar surface area (TPSA) is 64.9 Å². The van der Waals surface area contributed by atoms with E-state index in [4.69, 9.17) is 11.5 Å². The first-order chi connectivity index (χ1) is 6.09. The number of anilines is 2. The van der Waals surface area contributed by atoms with Gasteiger partial charge in [-0.2, -0.15) is 0 Å². The fraction of sp³-hybridized carbons (Fsp3) is 0.500. The van der Waals surface area contributed by atoms with E-state index < -0.39 is 0 Å². The zero-order chi connectivity index (χ0) is 9.84. The minimum atomic E-state index is 0.491. The Morgan fingerprint density at radius 1 is 1.31 bits per heavy atom. The van der Waals surface area contributed by atoms with Crippen molar-refractivity contribution in [3.63, 3.8) is 0 Å². The second-order valence-corrected chi connectivity index (χ2v) is 3.71. The summed E-state index contributed by atoms with van der Waals surface area (Å²) in [5.74, 6) is 1.75. The van der Waals surface area contributed by atoms with Crippen LogP contribution in [0.3, 0.4) is 0 Å². The van der Waals surface area contributed by atoms with Gasteiger partial charge in [-0.15, -0.1) is 0 Å². The smallest absolute Gasteiger partial charge is 0.128 e. The Balaban J connectivity index is 2.67. The molecule has 0 amide bonds. The molecule has 0 unspecified atom stereocenters. The third kappa shape index (κ3) is 2.93. The second-order valence-electron chi connectivity index (χ2n) is 3.71. The summed E-state index contributed by atoms with van der Waals surface area (Å²) in [6.07, 6.45) is 2.12. The molecule has 3 nitrogen and oxygen atoms in total. The molecule has 1 aromatic rings. The molecule has 0 saturated heterocycles. The Kier molecular flexibility index (Phi) is 3.12.